The molecule has 0 heterocycles. The number of unbranched alkanes of at least 4 members (excludes halogenated alkanes) is 2. The summed E-state index contributed by atoms with van der Waals surface area (Å²) in [5, 5.41) is 2.98. The second kappa shape index (κ2) is 11.4. The number of para-hydroxylation sites is 2. The molecule has 4 atom stereocenters. The van der Waals surface area contributed by atoms with Crippen molar-refractivity contribution in [2.24, 2.45) is 23.2 Å². The molecule has 0 aromatic heterocycles. The van der Waals surface area contributed by atoms with E-state index in [1.54, 1.807) is 0 Å². The van der Waals surface area contributed by atoms with Crippen LogP contribution in [0.3, 0.4) is 0 Å². The Hall–Kier alpha value is -1.75. The first-order valence-corrected chi connectivity index (χ1v) is 12.8. The Morgan fingerprint density at radius 1 is 1.12 bits per heavy atom. The average molecular weight is 445 g/mol. The third-order valence-electron chi connectivity index (χ3n) is 7.78. The molecule has 180 valence electrons. The number of benzene rings is 1. The van der Waals surface area contributed by atoms with Crippen LogP contribution in [0.2, 0.25) is 0 Å². The van der Waals surface area contributed by atoms with Crippen molar-refractivity contribution in [3.05, 3.63) is 24.3 Å². The van der Waals surface area contributed by atoms with Gasteiger partial charge in [0, 0.05) is 12.5 Å². The minimum absolute atomic E-state index is 0.0139. The van der Waals surface area contributed by atoms with Gasteiger partial charge in [0.1, 0.15) is 11.9 Å². The van der Waals surface area contributed by atoms with Crippen molar-refractivity contribution in [1.82, 2.24) is 4.90 Å². The third-order valence-corrected chi connectivity index (χ3v) is 7.78. The first-order chi connectivity index (χ1) is 15.4. The lowest BCUT2D eigenvalue weighted by Crippen LogP contribution is -2.56. The van der Waals surface area contributed by atoms with Crippen LogP contribution in [0.4, 0.5) is 10.5 Å². The predicted molar refractivity (Wildman–Crippen MR) is 131 cm³/mol. The fourth-order valence-electron chi connectivity index (χ4n) is 6.05. The topological polar surface area (TPSA) is 50.8 Å². The molecule has 0 spiro atoms. The fraction of sp³-hybridized carbons (Fsp3) is 0.741. The van der Waals surface area contributed by atoms with E-state index in [0.717, 1.165) is 51.7 Å². The lowest BCUT2D eigenvalue weighted by atomic mass is 9.52. The largest absolute Gasteiger partial charge is 0.491 e. The number of hydrogen-bond donors (Lipinski definition) is 1. The van der Waals surface area contributed by atoms with Crippen LogP contribution in [-0.4, -0.2) is 43.3 Å². The predicted octanol–water partition coefficient (Wildman–Crippen LogP) is 6.59. The highest BCUT2D eigenvalue weighted by atomic mass is 16.6. The molecule has 5 heteroatoms. The van der Waals surface area contributed by atoms with Crippen molar-refractivity contribution in [2.75, 3.05) is 31.6 Å². The van der Waals surface area contributed by atoms with E-state index >= 15 is 0 Å². The van der Waals surface area contributed by atoms with E-state index in [-0.39, 0.29) is 12.2 Å². The number of nitrogens with zero attached hydrogens (tertiary/aromatic N) is 1. The SMILES string of the molecule is CCCCCOc1ccccc1NC(=O)O[C@H]1[C@H]2CC[C@@H]([C@@H]1CN(CC)CC)C(C)(C)C2. The number of amides is 1. The van der Waals surface area contributed by atoms with E-state index in [2.05, 4.69) is 44.8 Å². The van der Waals surface area contributed by atoms with Crippen LogP contribution < -0.4 is 10.1 Å². The normalized spacial score (nSPS) is 26.2. The minimum atomic E-state index is -0.352. The van der Waals surface area contributed by atoms with Crippen LogP contribution in [0.1, 0.15) is 73.1 Å². The maximum absolute atomic E-state index is 13.0. The van der Waals surface area contributed by atoms with Gasteiger partial charge in [-0.05, 0) is 68.2 Å². The van der Waals surface area contributed by atoms with Crippen LogP contribution in [0.15, 0.2) is 24.3 Å². The second-order valence-electron chi connectivity index (χ2n) is 10.3. The van der Waals surface area contributed by atoms with Crippen molar-refractivity contribution in [2.45, 2.75) is 79.2 Å². The maximum atomic E-state index is 13.0. The molecule has 1 aromatic rings. The number of fused-ring (bicyclic) bond motifs is 3. The average Bonchev–Trinajstić information content (AvgIpc) is 2.77. The van der Waals surface area contributed by atoms with E-state index < -0.39 is 0 Å². The highest BCUT2D eigenvalue weighted by Gasteiger charge is 2.53. The quantitative estimate of drug-likeness (QED) is 0.391. The standard InChI is InChI=1S/C27H44N2O3/c1-6-9-12-17-31-24-14-11-10-13-23(24)28-26(30)32-25-20-15-16-22(27(4,5)18-20)21(25)19-29(7-2)8-3/h10-11,13-14,20-22,25H,6-9,12,15-19H2,1-5H3,(H,28,30)/t20-,21-,22-,25-/m0/s1. The number of carbonyl (C=O) groups excluding carboxylic acids is 1. The van der Waals surface area contributed by atoms with E-state index in [9.17, 15) is 4.79 Å². The fourth-order valence-corrected chi connectivity index (χ4v) is 6.05. The molecule has 3 aliphatic rings. The van der Waals surface area contributed by atoms with Crippen LogP contribution in [0, 0.1) is 23.2 Å². The molecule has 4 rings (SSSR count). The van der Waals surface area contributed by atoms with E-state index in [0.29, 0.717) is 41.2 Å². The van der Waals surface area contributed by atoms with Gasteiger partial charge in [-0.1, -0.05) is 59.6 Å². The Balaban J connectivity index is 1.68. The number of ether oxygens (including phenoxy) is 2. The molecule has 32 heavy (non-hydrogen) atoms. The van der Waals surface area contributed by atoms with Crippen molar-refractivity contribution in [3.63, 3.8) is 0 Å². The summed E-state index contributed by atoms with van der Waals surface area (Å²) in [5.41, 5.74) is 1.01. The van der Waals surface area contributed by atoms with E-state index in [1.165, 1.54) is 6.42 Å². The van der Waals surface area contributed by atoms with E-state index in [4.69, 9.17) is 9.47 Å². The Kier molecular flexibility index (Phi) is 8.87. The summed E-state index contributed by atoms with van der Waals surface area (Å²) in [7, 11) is 0. The summed E-state index contributed by atoms with van der Waals surface area (Å²) >= 11 is 0. The Morgan fingerprint density at radius 3 is 2.56 bits per heavy atom. The molecule has 1 amide bonds. The first-order valence-electron chi connectivity index (χ1n) is 12.8. The Labute approximate surface area is 195 Å². The van der Waals surface area contributed by atoms with Gasteiger partial charge < -0.3 is 14.4 Å². The highest BCUT2D eigenvalue weighted by molar-refractivity contribution is 5.86. The molecule has 3 fully saturated rings. The number of nitrogens with one attached hydrogen (secondary N) is 1. The zero-order valence-electron chi connectivity index (χ0n) is 20.9. The van der Waals surface area contributed by atoms with Crippen LogP contribution in [-0.2, 0) is 4.74 Å². The first kappa shape index (κ1) is 24.9. The molecule has 1 aromatic carbocycles. The van der Waals surface area contributed by atoms with Gasteiger partial charge in [0.05, 0.1) is 12.3 Å². The summed E-state index contributed by atoms with van der Waals surface area (Å²) < 4.78 is 12.1. The van der Waals surface area contributed by atoms with Gasteiger partial charge in [-0.15, -0.1) is 0 Å². The maximum Gasteiger partial charge on any atom is 0.412 e. The van der Waals surface area contributed by atoms with Gasteiger partial charge in [0.15, 0.2) is 0 Å². The molecule has 0 radical (unpaired) electrons. The van der Waals surface area contributed by atoms with Crippen LogP contribution in [0.5, 0.6) is 5.75 Å². The van der Waals surface area contributed by atoms with Crippen molar-refractivity contribution >= 4 is 11.8 Å². The molecule has 2 bridgehead atoms. The van der Waals surface area contributed by atoms with Crippen molar-refractivity contribution in [1.29, 1.82) is 0 Å². The molecule has 3 aliphatic carbocycles. The molecular formula is C27H44N2O3. The zero-order chi connectivity index (χ0) is 23.1. The molecular weight excluding hydrogens is 400 g/mol. The highest BCUT2D eigenvalue weighted by Crippen LogP contribution is 2.56. The number of carbonyl (C=O) groups is 1. The molecule has 3 saturated carbocycles. The minimum Gasteiger partial charge on any atom is -0.491 e. The lowest BCUT2D eigenvalue weighted by Gasteiger charge is -2.56. The lowest BCUT2D eigenvalue weighted by molar-refractivity contribution is -0.124. The van der Waals surface area contributed by atoms with Gasteiger partial charge in [-0.2, -0.15) is 0 Å². The summed E-state index contributed by atoms with van der Waals surface area (Å²) in [6.07, 6.45) is 6.51. The monoisotopic (exact) mass is 444 g/mol. The Bertz CT molecular complexity index is 731. The number of rotatable bonds is 11. The third kappa shape index (κ3) is 5.98. The molecule has 0 unspecified atom stereocenters. The van der Waals surface area contributed by atoms with E-state index in [1.807, 2.05) is 24.3 Å². The molecule has 5 nitrogen and oxygen atoms in total. The van der Waals surface area contributed by atoms with Crippen LogP contribution in [0.25, 0.3) is 0 Å². The van der Waals surface area contributed by atoms with Gasteiger partial charge in [-0.25, -0.2) is 4.79 Å². The molecule has 0 saturated heterocycles. The second-order valence-corrected chi connectivity index (χ2v) is 10.3. The summed E-state index contributed by atoms with van der Waals surface area (Å²) in [4.78, 5) is 15.5. The van der Waals surface area contributed by atoms with Gasteiger partial charge in [0.25, 0.3) is 0 Å². The Morgan fingerprint density at radius 2 is 1.88 bits per heavy atom. The van der Waals surface area contributed by atoms with Crippen molar-refractivity contribution < 1.29 is 14.3 Å². The summed E-state index contributed by atoms with van der Waals surface area (Å²) in [5.74, 6) is 2.15. The summed E-state index contributed by atoms with van der Waals surface area (Å²) in [6, 6.07) is 7.66. The van der Waals surface area contributed by atoms with Crippen molar-refractivity contribution in [3.8, 4) is 5.75 Å². The molecule has 1 N–H and O–H groups in total. The van der Waals surface area contributed by atoms with Gasteiger partial charge >= 0.3 is 6.09 Å². The smallest absolute Gasteiger partial charge is 0.412 e. The van der Waals surface area contributed by atoms with Gasteiger partial charge in [0.2, 0.25) is 0 Å². The zero-order valence-corrected chi connectivity index (χ0v) is 20.9. The van der Waals surface area contributed by atoms with Gasteiger partial charge in [-0.3, -0.25) is 5.32 Å². The number of hydrogen-bond acceptors (Lipinski definition) is 4. The summed E-state index contributed by atoms with van der Waals surface area (Å²) in [6.45, 7) is 15.2. The number of anilines is 1. The van der Waals surface area contributed by atoms with Crippen LogP contribution >= 0.6 is 0 Å². The molecule has 0 aliphatic heterocycles.